The van der Waals surface area contributed by atoms with Gasteiger partial charge in [-0.1, -0.05) is 0 Å². The van der Waals surface area contributed by atoms with Gasteiger partial charge in [0.25, 0.3) is 0 Å². The maximum Gasteiger partial charge on any atom is 0.185 e. The monoisotopic (exact) mass is 236 g/mol. The summed E-state index contributed by atoms with van der Waals surface area (Å²) in [5.74, 6) is 0.995. The highest BCUT2D eigenvalue weighted by atomic mass is 16.7. The second-order valence-electron chi connectivity index (χ2n) is 4.12. The van der Waals surface area contributed by atoms with E-state index >= 15 is 0 Å². The fraction of sp³-hybridized carbons (Fsp3) is 0.583. The highest BCUT2D eigenvalue weighted by molar-refractivity contribution is 5.39. The Labute approximate surface area is 100 Å². The van der Waals surface area contributed by atoms with Crippen molar-refractivity contribution in [2.24, 2.45) is 0 Å². The van der Waals surface area contributed by atoms with E-state index in [1.54, 1.807) is 0 Å². The Morgan fingerprint density at radius 2 is 1.82 bits per heavy atom. The highest BCUT2D eigenvalue weighted by Crippen LogP contribution is 2.24. The molecule has 0 N–H and O–H groups in total. The Morgan fingerprint density at radius 3 is 2.47 bits per heavy atom. The van der Waals surface area contributed by atoms with Crippen molar-refractivity contribution in [2.75, 3.05) is 44.4 Å². The van der Waals surface area contributed by atoms with Gasteiger partial charge in [0.15, 0.2) is 6.29 Å². The number of ether oxygens (including phenoxy) is 3. The molecule has 2 aliphatic rings. The van der Waals surface area contributed by atoms with Crippen LogP contribution in [-0.4, -0.2) is 44.5 Å². The van der Waals surface area contributed by atoms with E-state index in [-0.39, 0.29) is 6.29 Å². The van der Waals surface area contributed by atoms with Crippen LogP contribution in [0.4, 0.5) is 5.82 Å². The molecule has 1 aromatic heterocycles. The molecule has 0 atom stereocenters. The molecule has 0 amide bonds. The molecule has 3 rings (SSSR count). The van der Waals surface area contributed by atoms with E-state index in [0.29, 0.717) is 13.2 Å². The van der Waals surface area contributed by atoms with Gasteiger partial charge in [-0.25, -0.2) is 4.98 Å². The van der Waals surface area contributed by atoms with Crippen molar-refractivity contribution in [2.45, 2.75) is 6.29 Å². The maximum absolute atomic E-state index is 5.43. The normalized spacial score (nSPS) is 22.0. The van der Waals surface area contributed by atoms with E-state index in [0.717, 1.165) is 37.7 Å². The first-order valence-corrected chi connectivity index (χ1v) is 5.95. The van der Waals surface area contributed by atoms with Crippen LogP contribution in [0.2, 0.25) is 0 Å². The molecule has 3 heterocycles. The van der Waals surface area contributed by atoms with E-state index in [2.05, 4.69) is 9.88 Å². The zero-order valence-electron chi connectivity index (χ0n) is 9.67. The van der Waals surface area contributed by atoms with E-state index < -0.39 is 0 Å². The molecule has 0 aromatic carbocycles. The summed E-state index contributed by atoms with van der Waals surface area (Å²) < 4.78 is 16.2. The summed E-state index contributed by atoms with van der Waals surface area (Å²) in [5, 5.41) is 0. The first-order valence-electron chi connectivity index (χ1n) is 5.95. The van der Waals surface area contributed by atoms with Gasteiger partial charge in [-0.05, 0) is 12.1 Å². The minimum atomic E-state index is -0.235. The minimum absolute atomic E-state index is 0.235. The maximum atomic E-state index is 5.43. The van der Waals surface area contributed by atoms with Crippen molar-refractivity contribution in [3.8, 4) is 0 Å². The number of pyridine rings is 1. The minimum Gasteiger partial charge on any atom is -0.378 e. The van der Waals surface area contributed by atoms with E-state index in [1.807, 2.05) is 18.3 Å². The smallest absolute Gasteiger partial charge is 0.185 e. The second kappa shape index (κ2) is 5.00. The van der Waals surface area contributed by atoms with E-state index in [1.165, 1.54) is 0 Å². The number of hydrogen-bond donors (Lipinski definition) is 0. The van der Waals surface area contributed by atoms with Crippen LogP contribution in [0.1, 0.15) is 11.9 Å². The molecule has 5 heteroatoms. The summed E-state index contributed by atoms with van der Waals surface area (Å²) in [6.07, 6.45) is 1.60. The molecule has 17 heavy (non-hydrogen) atoms. The molecule has 5 nitrogen and oxygen atoms in total. The molecule has 0 unspecified atom stereocenters. The van der Waals surface area contributed by atoms with Crippen molar-refractivity contribution in [3.63, 3.8) is 0 Å². The molecule has 2 fully saturated rings. The lowest BCUT2D eigenvalue weighted by Crippen LogP contribution is -2.36. The van der Waals surface area contributed by atoms with E-state index in [4.69, 9.17) is 14.2 Å². The summed E-state index contributed by atoms with van der Waals surface area (Å²) in [6, 6.07) is 4.04. The molecule has 92 valence electrons. The van der Waals surface area contributed by atoms with Crippen LogP contribution in [0.25, 0.3) is 0 Å². The van der Waals surface area contributed by atoms with Crippen molar-refractivity contribution in [1.29, 1.82) is 0 Å². The largest absolute Gasteiger partial charge is 0.378 e. The average Bonchev–Trinajstić information content (AvgIpc) is 2.94. The van der Waals surface area contributed by atoms with Gasteiger partial charge < -0.3 is 19.1 Å². The Balaban J connectivity index is 1.70. The third-order valence-electron chi connectivity index (χ3n) is 3.00. The van der Waals surface area contributed by atoms with Crippen LogP contribution in [0.15, 0.2) is 18.3 Å². The van der Waals surface area contributed by atoms with Crippen molar-refractivity contribution >= 4 is 5.82 Å². The molecule has 2 aliphatic heterocycles. The van der Waals surface area contributed by atoms with Gasteiger partial charge in [0.1, 0.15) is 5.82 Å². The van der Waals surface area contributed by atoms with Crippen molar-refractivity contribution < 1.29 is 14.2 Å². The third kappa shape index (κ3) is 2.41. The number of morpholine rings is 1. The van der Waals surface area contributed by atoms with Crippen LogP contribution in [0, 0.1) is 0 Å². The topological polar surface area (TPSA) is 43.8 Å². The van der Waals surface area contributed by atoms with Gasteiger partial charge in [0.05, 0.1) is 26.4 Å². The number of anilines is 1. The fourth-order valence-electron chi connectivity index (χ4n) is 2.07. The summed E-state index contributed by atoms with van der Waals surface area (Å²) in [7, 11) is 0. The molecular weight excluding hydrogens is 220 g/mol. The molecule has 1 aromatic rings. The summed E-state index contributed by atoms with van der Waals surface area (Å²) in [4.78, 5) is 6.68. The van der Waals surface area contributed by atoms with Crippen LogP contribution in [0.5, 0.6) is 0 Å². The van der Waals surface area contributed by atoms with Gasteiger partial charge in [-0.3, -0.25) is 0 Å². The van der Waals surface area contributed by atoms with Gasteiger partial charge in [0, 0.05) is 24.8 Å². The molecule has 0 bridgehead atoms. The Kier molecular flexibility index (Phi) is 3.22. The van der Waals surface area contributed by atoms with Crippen LogP contribution in [0.3, 0.4) is 0 Å². The number of rotatable bonds is 2. The van der Waals surface area contributed by atoms with Gasteiger partial charge in [0.2, 0.25) is 0 Å². The highest BCUT2D eigenvalue weighted by Gasteiger charge is 2.19. The van der Waals surface area contributed by atoms with E-state index in [9.17, 15) is 0 Å². The molecule has 0 aliphatic carbocycles. The zero-order valence-corrected chi connectivity index (χ0v) is 9.67. The van der Waals surface area contributed by atoms with Crippen molar-refractivity contribution in [1.82, 2.24) is 4.98 Å². The molecule has 2 saturated heterocycles. The molecule has 0 radical (unpaired) electrons. The quantitative estimate of drug-likeness (QED) is 0.765. The first-order chi connectivity index (χ1) is 8.43. The lowest BCUT2D eigenvalue weighted by molar-refractivity contribution is -0.0443. The summed E-state index contributed by atoms with van der Waals surface area (Å²) in [6.45, 7) is 4.69. The summed E-state index contributed by atoms with van der Waals surface area (Å²) >= 11 is 0. The molecule has 0 saturated carbocycles. The first kappa shape index (κ1) is 11.0. The summed E-state index contributed by atoms with van der Waals surface area (Å²) in [5.41, 5.74) is 0.986. The lowest BCUT2D eigenvalue weighted by Gasteiger charge is -2.27. The Bertz CT molecular complexity index is 357. The predicted molar refractivity (Wildman–Crippen MR) is 61.9 cm³/mol. The Hall–Kier alpha value is -1.17. The van der Waals surface area contributed by atoms with Gasteiger partial charge >= 0.3 is 0 Å². The van der Waals surface area contributed by atoms with Crippen LogP contribution in [-0.2, 0) is 14.2 Å². The van der Waals surface area contributed by atoms with Crippen molar-refractivity contribution in [3.05, 3.63) is 23.9 Å². The molecule has 0 spiro atoms. The van der Waals surface area contributed by atoms with Crippen LogP contribution >= 0.6 is 0 Å². The predicted octanol–water partition coefficient (Wildman–Crippen LogP) is 0.964. The fourth-order valence-corrected chi connectivity index (χ4v) is 2.07. The van der Waals surface area contributed by atoms with Crippen LogP contribution < -0.4 is 4.90 Å². The van der Waals surface area contributed by atoms with Gasteiger partial charge in [-0.2, -0.15) is 0 Å². The Morgan fingerprint density at radius 1 is 1.06 bits per heavy atom. The zero-order chi connectivity index (χ0) is 11.5. The average molecular weight is 236 g/mol. The number of hydrogen-bond acceptors (Lipinski definition) is 5. The lowest BCUT2D eigenvalue weighted by atomic mass is 10.2. The SMILES string of the molecule is c1cc(N2CCOCC2)ncc1C1OCCO1. The number of aromatic nitrogens is 1. The van der Waals surface area contributed by atoms with Gasteiger partial charge in [-0.15, -0.1) is 0 Å². The molecular formula is C12H16N2O3. The second-order valence-corrected chi connectivity index (χ2v) is 4.12. The standard InChI is InChI=1S/C12H16N2O3/c1-2-11(14-3-5-15-6-4-14)13-9-10(1)12-16-7-8-17-12/h1-2,9,12H,3-8H2. The third-order valence-corrected chi connectivity index (χ3v) is 3.00. The number of nitrogens with zero attached hydrogens (tertiary/aromatic N) is 2.